The van der Waals surface area contributed by atoms with Gasteiger partial charge in [0.05, 0.1) is 30.0 Å². The summed E-state index contributed by atoms with van der Waals surface area (Å²) >= 11 is 0. The van der Waals surface area contributed by atoms with Crippen molar-refractivity contribution >= 4 is 11.8 Å². The molecule has 1 fully saturated rings. The zero-order valence-electron chi connectivity index (χ0n) is 10.3. The van der Waals surface area contributed by atoms with Crippen LogP contribution >= 0.6 is 0 Å². The van der Waals surface area contributed by atoms with Gasteiger partial charge < -0.3 is 16.0 Å². The van der Waals surface area contributed by atoms with Gasteiger partial charge in [-0.1, -0.05) is 0 Å². The number of carbonyl (C=O) groups excluding carboxylic acids is 2. The molecule has 2 rings (SSSR count). The second-order valence-corrected chi connectivity index (χ2v) is 4.23. The monoisotopic (exact) mass is 251 g/mol. The van der Waals surface area contributed by atoms with Gasteiger partial charge in [-0.05, 0) is 12.8 Å². The van der Waals surface area contributed by atoms with Crippen molar-refractivity contribution in [2.24, 2.45) is 5.73 Å². The molecule has 1 aliphatic heterocycles. The minimum Gasteiger partial charge on any atom is -0.355 e. The van der Waals surface area contributed by atoms with E-state index in [0.717, 1.165) is 12.8 Å². The van der Waals surface area contributed by atoms with Crippen LogP contribution in [-0.2, 0) is 4.79 Å². The molecule has 1 aromatic heterocycles. The van der Waals surface area contributed by atoms with Gasteiger partial charge in [0.25, 0.3) is 5.91 Å². The summed E-state index contributed by atoms with van der Waals surface area (Å²) in [5.41, 5.74) is 6.57. The SMILES string of the molecule is CNC(=O)c1cn[nH]c1C1CCCN1C(=O)CN. The molecule has 1 saturated heterocycles. The summed E-state index contributed by atoms with van der Waals surface area (Å²) < 4.78 is 0. The zero-order valence-corrected chi connectivity index (χ0v) is 10.3. The Bertz CT molecular complexity index is 456. The number of likely N-dealkylation sites (tertiary alicyclic amines) is 1. The Kier molecular flexibility index (Phi) is 3.61. The molecule has 2 heterocycles. The fourth-order valence-electron chi connectivity index (χ4n) is 2.35. The van der Waals surface area contributed by atoms with Crippen LogP contribution in [0, 0.1) is 0 Å². The molecule has 98 valence electrons. The Labute approximate surface area is 105 Å². The van der Waals surface area contributed by atoms with E-state index in [4.69, 9.17) is 5.73 Å². The molecule has 1 atom stereocenters. The highest BCUT2D eigenvalue weighted by Gasteiger charge is 2.32. The summed E-state index contributed by atoms with van der Waals surface area (Å²) in [6.07, 6.45) is 3.21. The molecule has 7 nitrogen and oxygen atoms in total. The van der Waals surface area contributed by atoms with Crippen LogP contribution in [0.3, 0.4) is 0 Å². The lowest BCUT2D eigenvalue weighted by atomic mass is 10.1. The van der Waals surface area contributed by atoms with Crippen LogP contribution in [0.15, 0.2) is 6.20 Å². The third-order valence-electron chi connectivity index (χ3n) is 3.22. The molecule has 0 spiro atoms. The summed E-state index contributed by atoms with van der Waals surface area (Å²) in [7, 11) is 1.57. The molecule has 0 saturated carbocycles. The minimum absolute atomic E-state index is 0.0139. The highest BCUT2D eigenvalue weighted by Crippen LogP contribution is 2.32. The van der Waals surface area contributed by atoms with Gasteiger partial charge in [-0.3, -0.25) is 14.7 Å². The largest absolute Gasteiger partial charge is 0.355 e. The van der Waals surface area contributed by atoms with E-state index >= 15 is 0 Å². The topological polar surface area (TPSA) is 104 Å². The number of nitrogens with one attached hydrogen (secondary N) is 2. The maximum absolute atomic E-state index is 11.7. The van der Waals surface area contributed by atoms with Crippen molar-refractivity contribution < 1.29 is 9.59 Å². The molecule has 7 heteroatoms. The maximum atomic E-state index is 11.7. The third-order valence-corrected chi connectivity index (χ3v) is 3.22. The summed E-state index contributed by atoms with van der Waals surface area (Å²) in [4.78, 5) is 25.1. The summed E-state index contributed by atoms with van der Waals surface area (Å²) in [5.74, 6) is -0.305. The van der Waals surface area contributed by atoms with Crippen LogP contribution in [0.25, 0.3) is 0 Å². The smallest absolute Gasteiger partial charge is 0.254 e. The minimum atomic E-state index is -0.203. The van der Waals surface area contributed by atoms with Gasteiger partial charge in [0, 0.05) is 13.6 Å². The van der Waals surface area contributed by atoms with E-state index in [-0.39, 0.29) is 24.4 Å². The van der Waals surface area contributed by atoms with Crippen LogP contribution < -0.4 is 11.1 Å². The number of hydrogen-bond donors (Lipinski definition) is 3. The normalized spacial score (nSPS) is 19.0. The second-order valence-electron chi connectivity index (χ2n) is 4.23. The Morgan fingerprint density at radius 2 is 2.44 bits per heavy atom. The van der Waals surface area contributed by atoms with E-state index in [1.807, 2.05) is 0 Å². The third kappa shape index (κ3) is 2.08. The average molecular weight is 251 g/mol. The lowest BCUT2D eigenvalue weighted by molar-refractivity contribution is -0.130. The Morgan fingerprint density at radius 1 is 1.67 bits per heavy atom. The molecule has 0 bridgehead atoms. The Morgan fingerprint density at radius 3 is 3.11 bits per heavy atom. The summed E-state index contributed by atoms with van der Waals surface area (Å²) in [6, 6.07) is -0.129. The first-order chi connectivity index (χ1) is 8.69. The number of hydrogen-bond acceptors (Lipinski definition) is 4. The number of carbonyl (C=O) groups is 2. The molecule has 1 aliphatic rings. The van der Waals surface area contributed by atoms with Gasteiger partial charge in [-0.25, -0.2) is 0 Å². The fraction of sp³-hybridized carbons (Fsp3) is 0.545. The number of nitrogens with two attached hydrogens (primary N) is 1. The number of amides is 2. The van der Waals surface area contributed by atoms with Gasteiger partial charge in [-0.15, -0.1) is 0 Å². The highest BCUT2D eigenvalue weighted by molar-refractivity contribution is 5.95. The average Bonchev–Trinajstić information content (AvgIpc) is 3.04. The van der Waals surface area contributed by atoms with E-state index in [1.54, 1.807) is 11.9 Å². The molecule has 0 aromatic carbocycles. The van der Waals surface area contributed by atoms with Crippen molar-refractivity contribution in [3.8, 4) is 0 Å². The Hall–Kier alpha value is -1.89. The molecular formula is C11H17N5O2. The molecule has 2 amide bonds. The molecule has 0 radical (unpaired) electrons. The number of H-pyrrole nitrogens is 1. The van der Waals surface area contributed by atoms with Crippen molar-refractivity contribution in [3.05, 3.63) is 17.5 Å². The maximum Gasteiger partial charge on any atom is 0.254 e. The quantitative estimate of drug-likeness (QED) is 0.666. The van der Waals surface area contributed by atoms with Crippen molar-refractivity contribution in [2.45, 2.75) is 18.9 Å². The van der Waals surface area contributed by atoms with E-state index in [2.05, 4.69) is 15.5 Å². The van der Waals surface area contributed by atoms with Gasteiger partial charge in [-0.2, -0.15) is 5.10 Å². The van der Waals surface area contributed by atoms with E-state index in [0.29, 0.717) is 17.8 Å². The second kappa shape index (κ2) is 5.18. The predicted octanol–water partition coefficient (Wildman–Crippen LogP) is -0.608. The van der Waals surface area contributed by atoms with Crippen LogP contribution in [0.4, 0.5) is 0 Å². The lowest BCUT2D eigenvalue weighted by Crippen LogP contribution is -2.36. The van der Waals surface area contributed by atoms with Crippen molar-refractivity contribution in [2.75, 3.05) is 20.1 Å². The fourth-order valence-corrected chi connectivity index (χ4v) is 2.35. The first-order valence-electron chi connectivity index (χ1n) is 5.94. The molecule has 1 unspecified atom stereocenters. The molecule has 0 aliphatic carbocycles. The molecule has 1 aromatic rings. The number of rotatable bonds is 3. The summed E-state index contributed by atoms with van der Waals surface area (Å²) in [5, 5.41) is 9.29. The van der Waals surface area contributed by atoms with Gasteiger partial charge in [0.15, 0.2) is 0 Å². The summed E-state index contributed by atoms with van der Waals surface area (Å²) in [6.45, 7) is 0.660. The van der Waals surface area contributed by atoms with Gasteiger partial charge in [0.2, 0.25) is 5.91 Å². The van der Waals surface area contributed by atoms with E-state index in [1.165, 1.54) is 6.20 Å². The van der Waals surface area contributed by atoms with Crippen LogP contribution in [0.5, 0.6) is 0 Å². The van der Waals surface area contributed by atoms with Crippen LogP contribution in [-0.4, -0.2) is 47.0 Å². The standard InChI is InChI=1S/C11H17N5O2/c1-13-11(18)7-6-14-15-10(7)8-3-2-4-16(8)9(17)5-12/h6,8H,2-5,12H2,1H3,(H,13,18)(H,14,15). The van der Waals surface area contributed by atoms with E-state index in [9.17, 15) is 9.59 Å². The predicted molar refractivity (Wildman–Crippen MR) is 64.7 cm³/mol. The number of aromatic amines is 1. The highest BCUT2D eigenvalue weighted by atomic mass is 16.2. The van der Waals surface area contributed by atoms with Gasteiger partial charge in [0.1, 0.15) is 0 Å². The van der Waals surface area contributed by atoms with Gasteiger partial charge >= 0.3 is 0 Å². The number of nitrogens with zero attached hydrogens (tertiary/aromatic N) is 2. The first kappa shape index (κ1) is 12.6. The Balaban J connectivity index is 2.28. The van der Waals surface area contributed by atoms with E-state index < -0.39 is 0 Å². The molecule has 18 heavy (non-hydrogen) atoms. The first-order valence-corrected chi connectivity index (χ1v) is 5.94. The van der Waals surface area contributed by atoms with Crippen molar-refractivity contribution in [1.82, 2.24) is 20.4 Å². The molecule has 4 N–H and O–H groups in total. The van der Waals surface area contributed by atoms with Crippen LogP contribution in [0.2, 0.25) is 0 Å². The van der Waals surface area contributed by atoms with Crippen molar-refractivity contribution in [1.29, 1.82) is 0 Å². The van der Waals surface area contributed by atoms with Crippen LogP contribution in [0.1, 0.15) is 34.9 Å². The lowest BCUT2D eigenvalue weighted by Gasteiger charge is -2.23. The number of aromatic nitrogens is 2. The molecular weight excluding hydrogens is 234 g/mol. The van der Waals surface area contributed by atoms with Crippen molar-refractivity contribution in [3.63, 3.8) is 0 Å². The zero-order chi connectivity index (χ0) is 13.1.